The Bertz CT molecular complexity index is 1760. The van der Waals surface area contributed by atoms with Crippen LogP contribution in [-0.2, 0) is 12.7 Å². The number of hydrogen-bond acceptors (Lipinski definition) is 7. The standard InChI is InChI=1S/C26H20F3N7O4/c1-3-34-15(2)21(14-31-34)23-7-8-30-24-13-22(33-35(23)24)25(37)32-17-10-18(36(38)39)12-20(11-17)40-19-6-4-5-16(9-19)26(27,28)29/h4-14H,3H2,1-2H3,(H,32,37). The maximum atomic E-state index is 13.1. The lowest BCUT2D eigenvalue weighted by Gasteiger charge is -2.11. The number of nitrogens with zero attached hydrogens (tertiary/aromatic N) is 6. The van der Waals surface area contributed by atoms with E-state index < -0.39 is 28.3 Å². The fourth-order valence-corrected chi connectivity index (χ4v) is 4.11. The molecule has 0 saturated heterocycles. The fourth-order valence-electron chi connectivity index (χ4n) is 4.11. The van der Waals surface area contributed by atoms with Gasteiger partial charge in [-0.1, -0.05) is 6.07 Å². The summed E-state index contributed by atoms with van der Waals surface area (Å²) < 4.78 is 48.0. The highest BCUT2D eigenvalue weighted by Crippen LogP contribution is 2.34. The van der Waals surface area contributed by atoms with Gasteiger partial charge in [0.25, 0.3) is 11.6 Å². The third-order valence-corrected chi connectivity index (χ3v) is 6.03. The number of carbonyl (C=O) groups is 1. The smallest absolute Gasteiger partial charge is 0.416 e. The van der Waals surface area contributed by atoms with Crippen molar-refractivity contribution in [1.82, 2.24) is 24.4 Å². The third kappa shape index (κ3) is 5.18. The summed E-state index contributed by atoms with van der Waals surface area (Å²) in [6.45, 7) is 4.55. The molecule has 14 heteroatoms. The quantitative estimate of drug-likeness (QED) is 0.197. The van der Waals surface area contributed by atoms with Crippen LogP contribution in [0.3, 0.4) is 0 Å². The number of amides is 1. The molecule has 204 valence electrons. The molecule has 3 aromatic heterocycles. The summed E-state index contributed by atoms with van der Waals surface area (Å²) in [5.74, 6) is -1.03. The van der Waals surface area contributed by atoms with E-state index in [1.165, 1.54) is 22.7 Å². The average Bonchev–Trinajstić information content (AvgIpc) is 3.51. The van der Waals surface area contributed by atoms with Crippen molar-refractivity contribution in [3.05, 3.63) is 94.1 Å². The molecule has 2 aromatic carbocycles. The number of halogens is 3. The molecule has 1 N–H and O–H groups in total. The minimum Gasteiger partial charge on any atom is -0.457 e. The first kappa shape index (κ1) is 26.3. The van der Waals surface area contributed by atoms with Gasteiger partial charge in [0.2, 0.25) is 0 Å². The Morgan fingerprint density at radius 2 is 1.93 bits per heavy atom. The van der Waals surface area contributed by atoms with Gasteiger partial charge in [0.1, 0.15) is 11.5 Å². The number of hydrogen-bond donors (Lipinski definition) is 1. The Hall–Kier alpha value is -5.27. The summed E-state index contributed by atoms with van der Waals surface area (Å²) in [4.78, 5) is 28.1. The topological polar surface area (TPSA) is 129 Å². The molecule has 0 saturated carbocycles. The number of anilines is 1. The van der Waals surface area contributed by atoms with E-state index in [4.69, 9.17) is 4.74 Å². The van der Waals surface area contributed by atoms with Crippen molar-refractivity contribution in [2.45, 2.75) is 26.6 Å². The largest absolute Gasteiger partial charge is 0.457 e. The molecule has 0 aliphatic rings. The second kappa shape index (κ2) is 10.1. The van der Waals surface area contributed by atoms with Crippen molar-refractivity contribution in [2.24, 2.45) is 0 Å². The van der Waals surface area contributed by atoms with Crippen LogP contribution in [0, 0.1) is 17.0 Å². The van der Waals surface area contributed by atoms with Crippen molar-refractivity contribution in [2.75, 3.05) is 5.32 Å². The van der Waals surface area contributed by atoms with Crippen LogP contribution in [0.5, 0.6) is 11.5 Å². The van der Waals surface area contributed by atoms with Crippen LogP contribution < -0.4 is 10.1 Å². The Labute approximate surface area is 224 Å². The van der Waals surface area contributed by atoms with Crippen LogP contribution >= 0.6 is 0 Å². The molecule has 0 unspecified atom stereocenters. The van der Waals surface area contributed by atoms with E-state index >= 15 is 0 Å². The van der Waals surface area contributed by atoms with Crippen molar-refractivity contribution in [1.29, 1.82) is 0 Å². The van der Waals surface area contributed by atoms with Gasteiger partial charge in [0, 0.05) is 42.2 Å². The lowest BCUT2D eigenvalue weighted by molar-refractivity contribution is -0.384. The molecule has 3 heterocycles. The number of fused-ring (bicyclic) bond motifs is 1. The van der Waals surface area contributed by atoms with E-state index in [0.29, 0.717) is 17.9 Å². The predicted octanol–water partition coefficient (Wildman–Crippen LogP) is 5.89. The first-order valence-corrected chi connectivity index (χ1v) is 11.9. The van der Waals surface area contributed by atoms with Crippen LogP contribution in [0.2, 0.25) is 0 Å². The summed E-state index contributed by atoms with van der Waals surface area (Å²) in [6, 6.07) is 10.7. The highest BCUT2D eigenvalue weighted by Gasteiger charge is 2.30. The molecule has 5 aromatic rings. The van der Waals surface area contributed by atoms with Crippen LogP contribution in [-0.4, -0.2) is 35.2 Å². The Morgan fingerprint density at radius 3 is 2.62 bits per heavy atom. The molecule has 0 atom stereocenters. The maximum Gasteiger partial charge on any atom is 0.416 e. The van der Waals surface area contributed by atoms with Gasteiger partial charge in [-0.05, 0) is 38.1 Å². The number of aromatic nitrogens is 5. The van der Waals surface area contributed by atoms with Gasteiger partial charge in [-0.2, -0.15) is 23.4 Å². The van der Waals surface area contributed by atoms with Gasteiger partial charge >= 0.3 is 6.18 Å². The van der Waals surface area contributed by atoms with Crippen molar-refractivity contribution in [3.8, 4) is 22.8 Å². The minimum atomic E-state index is -4.60. The highest BCUT2D eigenvalue weighted by atomic mass is 19.4. The number of alkyl halides is 3. The van der Waals surface area contributed by atoms with Crippen LogP contribution in [0.1, 0.15) is 28.7 Å². The first-order chi connectivity index (χ1) is 19.0. The van der Waals surface area contributed by atoms with Crippen LogP contribution in [0.4, 0.5) is 24.5 Å². The molecular weight excluding hydrogens is 531 g/mol. The molecule has 5 rings (SSSR count). The van der Waals surface area contributed by atoms with Gasteiger partial charge in [0.15, 0.2) is 11.3 Å². The van der Waals surface area contributed by atoms with Gasteiger partial charge < -0.3 is 10.1 Å². The van der Waals surface area contributed by atoms with E-state index in [1.54, 1.807) is 18.5 Å². The average molecular weight is 551 g/mol. The molecule has 0 aliphatic carbocycles. The number of ether oxygens (including phenoxy) is 1. The Balaban J connectivity index is 1.44. The molecule has 0 spiro atoms. The minimum absolute atomic E-state index is 0.0210. The molecule has 0 aliphatic heterocycles. The number of nitro groups is 1. The molecule has 0 fully saturated rings. The number of rotatable bonds is 7. The van der Waals surface area contributed by atoms with E-state index in [1.807, 2.05) is 18.5 Å². The maximum absolute atomic E-state index is 13.1. The highest BCUT2D eigenvalue weighted by molar-refractivity contribution is 6.03. The number of aryl methyl sites for hydroxylation is 1. The molecule has 40 heavy (non-hydrogen) atoms. The SMILES string of the molecule is CCn1ncc(-c2ccnc3cc(C(=O)Nc4cc(Oc5cccc(C(F)(F)F)c5)cc([N+](=O)[O-])c4)nn23)c1C. The predicted molar refractivity (Wildman–Crippen MR) is 137 cm³/mol. The summed E-state index contributed by atoms with van der Waals surface area (Å²) in [7, 11) is 0. The molecular formula is C26H20F3N7O4. The summed E-state index contributed by atoms with van der Waals surface area (Å²) in [5, 5.41) is 22.8. The number of nitro benzene ring substituents is 1. The van der Waals surface area contributed by atoms with E-state index in [2.05, 4.69) is 20.5 Å². The monoisotopic (exact) mass is 551 g/mol. The number of nitrogens with one attached hydrogen (secondary N) is 1. The Morgan fingerprint density at radius 1 is 1.12 bits per heavy atom. The van der Waals surface area contributed by atoms with Gasteiger partial charge in [-0.3, -0.25) is 19.6 Å². The van der Waals surface area contributed by atoms with Crippen molar-refractivity contribution < 1.29 is 27.6 Å². The van der Waals surface area contributed by atoms with Crippen molar-refractivity contribution in [3.63, 3.8) is 0 Å². The zero-order chi connectivity index (χ0) is 28.6. The zero-order valence-corrected chi connectivity index (χ0v) is 21.0. The second-order valence-electron chi connectivity index (χ2n) is 8.64. The summed E-state index contributed by atoms with van der Waals surface area (Å²) in [6.07, 6.45) is -1.32. The molecule has 1 amide bonds. The van der Waals surface area contributed by atoms with E-state index in [0.717, 1.165) is 41.6 Å². The number of non-ortho nitro benzene ring substituents is 1. The van der Waals surface area contributed by atoms with Gasteiger partial charge in [0.05, 0.1) is 34.1 Å². The third-order valence-electron chi connectivity index (χ3n) is 6.03. The fraction of sp³-hybridized carbons (Fsp3) is 0.154. The second-order valence-corrected chi connectivity index (χ2v) is 8.64. The number of carbonyl (C=O) groups excluding carboxylic acids is 1. The lowest BCUT2D eigenvalue weighted by atomic mass is 10.2. The summed E-state index contributed by atoms with van der Waals surface area (Å²) in [5.41, 5.74) is 1.33. The van der Waals surface area contributed by atoms with Gasteiger partial charge in [-0.15, -0.1) is 0 Å². The molecule has 0 radical (unpaired) electrons. The van der Waals surface area contributed by atoms with E-state index in [-0.39, 0.29) is 22.9 Å². The van der Waals surface area contributed by atoms with Crippen molar-refractivity contribution >= 4 is 22.9 Å². The number of benzene rings is 2. The normalized spacial score (nSPS) is 11.5. The van der Waals surface area contributed by atoms with Crippen LogP contribution in [0.25, 0.3) is 16.9 Å². The molecule has 11 nitrogen and oxygen atoms in total. The first-order valence-electron chi connectivity index (χ1n) is 11.9. The van der Waals surface area contributed by atoms with Crippen LogP contribution in [0.15, 0.2) is 67.0 Å². The van der Waals surface area contributed by atoms with E-state index in [9.17, 15) is 28.1 Å². The Kier molecular flexibility index (Phi) is 6.67. The lowest BCUT2D eigenvalue weighted by Crippen LogP contribution is -2.13. The summed E-state index contributed by atoms with van der Waals surface area (Å²) >= 11 is 0. The van der Waals surface area contributed by atoms with Gasteiger partial charge in [-0.25, -0.2) is 9.50 Å². The zero-order valence-electron chi connectivity index (χ0n) is 21.0. The molecule has 0 bridgehead atoms.